The van der Waals surface area contributed by atoms with Crippen LogP contribution in [0.1, 0.15) is 363 Å². The molecule has 0 aliphatic rings. The first-order valence-electron chi connectivity index (χ1n) is 37.0. The molecule has 0 bridgehead atoms. The number of carbonyl (C=O) groups excluding carboxylic acids is 4. The molecule has 90 heavy (non-hydrogen) atoms. The van der Waals surface area contributed by atoms with Gasteiger partial charge >= 0.3 is 39.5 Å². The summed E-state index contributed by atoms with van der Waals surface area (Å²) in [5, 5.41) is 10.6. The van der Waals surface area contributed by atoms with Crippen LogP contribution in [0.4, 0.5) is 0 Å². The first kappa shape index (κ1) is 88.1. The zero-order valence-corrected chi connectivity index (χ0v) is 60.2. The average molecular weight is 1330 g/mol. The zero-order chi connectivity index (χ0) is 66.5. The topological polar surface area (TPSA) is 237 Å². The second-order valence-electron chi connectivity index (χ2n) is 26.6. The Kier molecular flexibility index (Phi) is 61.8. The zero-order valence-electron chi connectivity index (χ0n) is 58.4. The van der Waals surface area contributed by atoms with Crippen LogP contribution in [-0.2, 0) is 65.4 Å². The summed E-state index contributed by atoms with van der Waals surface area (Å²) in [5.41, 5.74) is 0. The molecule has 0 aromatic carbocycles. The second kappa shape index (κ2) is 63.1. The Morgan fingerprint density at radius 1 is 0.300 bits per heavy atom. The third kappa shape index (κ3) is 64.8. The van der Waals surface area contributed by atoms with Crippen molar-refractivity contribution >= 4 is 39.5 Å². The van der Waals surface area contributed by atoms with Gasteiger partial charge in [-0.05, 0) is 37.5 Å². The number of aliphatic hydroxyl groups excluding tert-OH is 1. The summed E-state index contributed by atoms with van der Waals surface area (Å²) in [7, 11) is -9.90. The number of esters is 4. The van der Waals surface area contributed by atoms with Gasteiger partial charge in [0.2, 0.25) is 0 Å². The van der Waals surface area contributed by atoms with Crippen molar-refractivity contribution in [1.82, 2.24) is 0 Å². The summed E-state index contributed by atoms with van der Waals surface area (Å²) in [4.78, 5) is 72.5. The number of rotatable bonds is 70. The average Bonchev–Trinajstić information content (AvgIpc) is 2.94. The molecule has 17 nitrogen and oxygen atoms in total. The molecule has 0 fully saturated rings. The standard InChI is InChI=1S/C71H138O17P2/c1-7-9-11-13-15-17-19-27-30-34-41-47-53-68(73)81-59-66(87-71(76)56-50-44-36-32-28-24-22-20-21-23-26-29-33-39-45-51-63(3)4)61-85-89(77,78)83-57-65(72)58-84-90(79,80)86-62-67(60-82-69(74)54-48-42-38-37-40-46-52-64(5)6)88-70(75)55-49-43-35-31-25-18-16-14-12-10-8-2/h63-67,72H,7-62H2,1-6H3,(H,77,78)(H,79,80)/t65-,66-,67-/m1/s1. The minimum absolute atomic E-state index is 0.106. The molecular weight excluding hydrogens is 1190 g/mol. The summed E-state index contributed by atoms with van der Waals surface area (Å²) < 4.78 is 68.3. The van der Waals surface area contributed by atoms with Crippen LogP contribution < -0.4 is 0 Å². The van der Waals surface area contributed by atoms with Crippen molar-refractivity contribution in [1.29, 1.82) is 0 Å². The van der Waals surface area contributed by atoms with E-state index < -0.39 is 97.5 Å². The third-order valence-electron chi connectivity index (χ3n) is 16.5. The van der Waals surface area contributed by atoms with E-state index in [4.69, 9.17) is 37.0 Å². The first-order chi connectivity index (χ1) is 43.4. The minimum Gasteiger partial charge on any atom is -0.462 e. The molecule has 5 atom stereocenters. The number of phosphoric acid groups is 2. The van der Waals surface area contributed by atoms with Gasteiger partial charge in [-0.3, -0.25) is 37.3 Å². The fraction of sp³-hybridized carbons (Fsp3) is 0.944. The number of hydrogen-bond donors (Lipinski definition) is 3. The van der Waals surface area contributed by atoms with Gasteiger partial charge in [0.25, 0.3) is 0 Å². The van der Waals surface area contributed by atoms with E-state index in [0.717, 1.165) is 102 Å². The molecule has 0 heterocycles. The summed E-state index contributed by atoms with van der Waals surface area (Å²) in [6.07, 6.45) is 48.6. The van der Waals surface area contributed by atoms with Crippen LogP contribution in [0.2, 0.25) is 0 Å². The van der Waals surface area contributed by atoms with E-state index in [-0.39, 0.29) is 25.7 Å². The number of phosphoric ester groups is 2. The van der Waals surface area contributed by atoms with Crippen molar-refractivity contribution in [2.75, 3.05) is 39.6 Å². The van der Waals surface area contributed by atoms with Gasteiger partial charge in [0, 0.05) is 25.7 Å². The van der Waals surface area contributed by atoms with Gasteiger partial charge < -0.3 is 33.8 Å². The van der Waals surface area contributed by atoms with Gasteiger partial charge in [0.15, 0.2) is 12.2 Å². The van der Waals surface area contributed by atoms with Gasteiger partial charge in [-0.1, -0.05) is 311 Å². The summed E-state index contributed by atoms with van der Waals surface area (Å²) in [6.45, 7) is 9.50. The van der Waals surface area contributed by atoms with Gasteiger partial charge in [0.05, 0.1) is 26.4 Å². The van der Waals surface area contributed by atoms with E-state index in [9.17, 15) is 43.2 Å². The highest BCUT2D eigenvalue weighted by atomic mass is 31.2. The van der Waals surface area contributed by atoms with E-state index in [0.29, 0.717) is 31.6 Å². The summed E-state index contributed by atoms with van der Waals surface area (Å²) >= 11 is 0. The van der Waals surface area contributed by atoms with Crippen LogP contribution in [0.5, 0.6) is 0 Å². The Balaban J connectivity index is 5.21. The Morgan fingerprint density at radius 2 is 0.511 bits per heavy atom. The van der Waals surface area contributed by atoms with Gasteiger partial charge in [-0.2, -0.15) is 0 Å². The van der Waals surface area contributed by atoms with Gasteiger partial charge in [-0.15, -0.1) is 0 Å². The highest BCUT2D eigenvalue weighted by molar-refractivity contribution is 7.47. The van der Waals surface area contributed by atoms with Crippen molar-refractivity contribution in [2.45, 2.75) is 381 Å². The molecule has 0 aromatic heterocycles. The van der Waals surface area contributed by atoms with Crippen LogP contribution in [0.15, 0.2) is 0 Å². The molecule has 2 unspecified atom stereocenters. The van der Waals surface area contributed by atoms with Crippen molar-refractivity contribution < 1.29 is 80.2 Å². The van der Waals surface area contributed by atoms with E-state index in [1.165, 1.54) is 173 Å². The molecule has 0 aromatic rings. The highest BCUT2D eigenvalue weighted by Gasteiger charge is 2.30. The van der Waals surface area contributed by atoms with Crippen molar-refractivity contribution in [3.63, 3.8) is 0 Å². The first-order valence-corrected chi connectivity index (χ1v) is 40.0. The Bertz CT molecular complexity index is 1750. The number of aliphatic hydroxyl groups is 1. The molecule has 534 valence electrons. The monoisotopic (exact) mass is 1320 g/mol. The van der Waals surface area contributed by atoms with E-state index in [1.54, 1.807) is 0 Å². The van der Waals surface area contributed by atoms with E-state index >= 15 is 0 Å². The molecular formula is C71H138O17P2. The number of ether oxygens (including phenoxy) is 4. The maximum absolute atomic E-state index is 13.0. The van der Waals surface area contributed by atoms with Gasteiger partial charge in [0.1, 0.15) is 19.3 Å². The predicted molar refractivity (Wildman–Crippen MR) is 363 cm³/mol. The maximum atomic E-state index is 13.0. The second-order valence-corrected chi connectivity index (χ2v) is 29.5. The van der Waals surface area contributed by atoms with Gasteiger partial charge in [-0.25, -0.2) is 9.13 Å². The van der Waals surface area contributed by atoms with Crippen LogP contribution in [0, 0.1) is 11.8 Å². The lowest BCUT2D eigenvalue weighted by Crippen LogP contribution is -2.30. The lowest BCUT2D eigenvalue weighted by Gasteiger charge is -2.21. The maximum Gasteiger partial charge on any atom is 0.472 e. The quantitative estimate of drug-likeness (QED) is 0.0222. The van der Waals surface area contributed by atoms with Crippen LogP contribution >= 0.6 is 15.6 Å². The number of carbonyl (C=O) groups is 4. The molecule has 0 saturated heterocycles. The summed E-state index contributed by atoms with van der Waals surface area (Å²) in [6, 6.07) is 0. The van der Waals surface area contributed by atoms with E-state index in [2.05, 4.69) is 41.5 Å². The van der Waals surface area contributed by atoms with E-state index in [1.807, 2.05) is 0 Å². The highest BCUT2D eigenvalue weighted by Crippen LogP contribution is 2.45. The Hall–Kier alpha value is -1.94. The van der Waals surface area contributed by atoms with Crippen molar-refractivity contribution in [2.24, 2.45) is 11.8 Å². The fourth-order valence-corrected chi connectivity index (χ4v) is 12.3. The van der Waals surface area contributed by atoms with Crippen molar-refractivity contribution in [3.05, 3.63) is 0 Å². The number of unbranched alkanes of at least 4 members (excludes halogenated alkanes) is 40. The fourth-order valence-electron chi connectivity index (χ4n) is 10.8. The normalized spacial score (nSPS) is 14.1. The predicted octanol–water partition coefficient (Wildman–Crippen LogP) is 20.4. The Morgan fingerprint density at radius 3 is 0.756 bits per heavy atom. The summed E-state index contributed by atoms with van der Waals surface area (Å²) in [5.74, 6) is -0.641. The number of hydrogen-bond acceptors (Lipinski definition) is 15. The molecule has 3 N–H and O–H groups in total. The molecule has 0 aliphatic carbocycles. The molecule has 0 radical (unpaired) electrons. The van der Waals surface area contributed by atoms with Crippen molar-refractivity contribution in [3.8, 4) is 0 Å². The van der Waals surface area contributed by atoms with Crippen LogP contribution in [0.3, 0.4) is 0 Å². The largest absolute Gasteiger partial charge is 0.472 e. The molecule has 0 saturated carbocycles. The lowest BCUT2D eigenvalue weighted by atomic mass is 10.0. The SMILES string of the molecule is CCCCCCCCCCCCCCC(=O)OC[C@H](COP(=O)(O)OC[C@@H](O)COP(=O)(O)OC[C@@H](COC(=O)CCCCCCCCC(C)C)OC(=O)CCCCCCCCCCCCC)OC(=O)CCCCCCCCCCCCCCCCCC(C)C. The lowest BCUT2D eigenvalue weighted by molar-refractivity contribution is -0.161. The van der Waals surface area contributed by atoms with Crippen LogP contribution in [-0.4, -0.2) is 96.7 Å². The minimum atomic E-state index is -4.95. The Labute approximate surface area is 549 Å². The van der Waals surface area contributed by atoms with Crippen LogP contribution in [0.25, 0.3) is 0 Å². The smallest absolute Gasteiger partial charge is 0.462 e. The molecule has 0 rings (SSSR count). The molecule has 0 aliphatic heterocycles. The molecule has 0 spiro atoms. The molecule has 0 amide bonds. The third-order valence-corrected chi connectivity index (χ3v) is 18.4. The molecule has 19 heteroatoms.